The van der Waals surface area contributed by atoms with Gasteiger partial charge in [-0.25, -0.2) is 0 Å². The van der Waals surface area contributed by atoms with Crippen LogP contribution in [0.15, 0.2) is 18.2 Å². The summed E-state index contributed by atoms with van der Waals surface area (Å²) in [5.41, 5.74) is 6.60. The number of benzene rings is 1. The van der Waals surface area contributed by atoms with Crippen LogP contribution < -0.4 is 5.73 Å². The third-order valence-electron chi connectivity index (χ3n) is 4.00. The van der Waals surface area contributed by atoms with Gasteiger partial charge < -0.3 is 15.9 Å². The summed E-state index contributed by atoms with van der Waals surface area (Å²) in [6.45, 7) is 5.97. The minimum atomic E-state index is 0.0951. The van der Waals surface area contributed by atoms with Gasteiger partial charge in [-0.05, 0) is 38.8 Å². The molecule has 1 fully saturated rings. The van der Waals surface area contributed by atoms with Crippen molar-refractivity contribution in [2.75, 3.05) is 13.1 Å². The van der Waals surface area contributed by atoms with Crippen LogP contribution >= 0.6 is 0 Å². The first kappa shape index (κ1) is 13.2. The molecule has 0 bridgehead atoms. The highest BCUT2D eigenvalue weighted by Crippen LogP contribution is 2.36. The van der Waals surface area contributed by atoms with E-state index < -0.39 is 0 Å². The molecule has 4 nitrogen and oxygen atoms in total. The molecule has 100 valence electrons. The van der Waals surface area contributed by atoms with Crippen LogP contribution in [-0.2, 0) is 0 Å². The minimum absolute atomic E-state index is 0.0951. The first-order chi connectivity index (χ1) is 8.52. The Balaban J connectivity index is 2.18. The van der Waals surface area contributed by atoms with Crippen LogP contribution in [0, 0.1) is 5.92 Å². The van der Waals surface area contributed by atoms with E-state index in [4.69, 9.17) is 5.73 Å². The molecule has 0 aliphatic carbocycles. The third-order valence-corrected chi connectivity index (χ3v) is 4.00. The Morgan fingerprint density at radius 3 is 2.72 bits per heavy atom. The molecule has 1 saturated heterocycles. The predicted molar refractivity (Wildman–Crippen MR) is 71.5 cm³/mol. The molecule has 1 aliphatic rings. The second-order valence-electron chi connectivity index (χ2n) is 5.30. The van der Waals surface area contributed by atoms with Crippen molar-refractivity contribution in [2.24, 2.45) is 11.7 Å². The maximum absolute atomic E-state index is 9.92. The Hall–Kier alpha value is -1.26. The number of phenolic OH excluding ortho intramolecular Hbond substituents is 2. The fraction of sp³-hybridized carbons (Fsp3) is 0.571. The number of hydrogen-bond donors (Lipinski definition) is 3. The van der Waals surface area contributed by atoms with E-state index in [9.17, 15) is 10.2 Å². The highest BCUT2D eigenvalue weighted by molar-refractivity contribution is 5.40. The molecule has 0 aromatic heterocycles. The number of nitrogens with two attached hydrogens (primary N) is 1. The lowest BCUT2D eigenvalue weighted by Gasteiger charge is -2.29. The van der Waals surface area contributed by atoms with Crippen LogP contribution in [0.25, 0.3) is 0 Å². The number of rotatable bonds is 3. The monoisotopic (exact) mass is 250 g/mol. The van der Waals surface area contributed by atoms with Gasteiger partial charge >= 0.3 is 0 Å². The van der Waals surface area contributed by atoms with E-state index in [-0.39, 0.29) is 17.5 Å². The summed E-state index contributed by atoms with van der Waals surface area (Å²) in [6.07, 6.45) is 1.11. The zero-order valence-electron chi connectivity index (χ0n) is 11.0. The van der Waals surface area contributed by atoms with Gasteiger partial charge in [0.25, 0.3) is 0 Å². The lowest BCUT2D eigenvalue weighted by Crippen LogP contribution is -2.30. The zero-order valence-corrected chi connectivity index (χ0v) is 11.0. The van der Waals surface area contributed by atoms with Gasteiger partial charge in [-0.2, -0.15) is 0 Å². The molecule has 0 saturated carbocycles. The SMILES string of the molecule is CC1CC(CN)CN1C(C)c1ccc(O)cc1O. The van der Waals surface area contributed by atoms with Crippen molar-refractivity contribution in [1.29, 1.82) is 0 Å². The molecule has 18 heavy (non-hydrogen) atoms. The van der Waals surface area contributed by atoms with E-state index in [1.54, 1.807) is 12.1 Å². The summed E-state index contributed by atoms with van der Waals surface area (Å²) in [5.74, 6) is 0.797. The molecule has 1 aromatic carbocycles. The van der Waals surface area contributed by atoms with E-state index in [0.717, 1.165) is 25.1 Å². The predicted octanol–water partition coefficient (Wildman–Crippen LogP) is 1.83. The Labute approximate surface area is 108 Å². The standard InChI is InChI=1S/C14H22N2O2/c1-9-5-11(7-15)8-16(9)10(2)13-4-3-12(17)6-14(13)18/h3-4,6,9-11,17-18H,5,7-8,15H2,1-2H3. The van der Waals surface area contributed by atoms with Gasteiger partial charge in [0.15, 0.2) is 0 Å². The van der Waals surface area contributed by atoms with Crippen molar-refractivity contribution in [2.45, 2.75) is 32.4 Å². The van der Waals surface area contributed by atoms with Crippen LogP contribution in [0.4, 0.5) is 0 Å². The summed E-state index contributed by atoms with van der Waals surface area (Å²) >= 11 is 0. The van der Waals surface area contributed by atoms with Crippen LogP contribution in [0.1, 0.15) is 31.9 Å². The molecule has 4 heteroatoms. The molecule has 0 radical (unpaired) electrons. The molecule has 3 atom stereocenters. The average molecular weight is 250 g/mol. The Kier molecular flexibility index (Phi) is 3.78. The van der Waals surface area contributed by atoms with Crippen molar-refractivity contribution in [1.82, 2.24) is 4.90 Å². The normalized spacial score (nSPS) is 26.4. The van der Waals surface area contributed by atoms with E-state index >= 15 is 0 Å². The van der Waals surface area contributed by atoms with Gasteiger partial charge in [0.05, 0.1) is 0 Å². The summed E-state index contributed by atoms with van der Waals surface area (Å²) in [6, 6.07) is 5.41. The maximum Gasteiger partial charge on any atom is 0.124 e. The third kappa shape index (κ3) is 2.44. The summed E-state index contributed by atoms with van der Waals surface area (Å²) in [7, 11) is 0. The molecule has 1 aromatic rings. The fourth-order valence-corrected chi connectivity index (χ4v) is 2.95. The Morgan fingerprint density at radius 2 is 2.17 bits per heavy atom. The van der Waals surface area contributed by atoms with Crippen LogP contribution in [-0.4, -0.2) is 34.2 Å². The van der Waals surface area contributed by atoms with Crippen LogP contribution in [0.2, 0.25) is 0 Å². The van der Waals surface area contributed by atoms with Crippen molar-refractivity contribution in [3.05, 3.63) is 23.8 Å². The van der Waals surface area contributed by atoms with Crippen molar-refractivity contribution >= 4 is 0 Å². The smallest absolute Gasteiger partial charge is 0.124 e. The second kappa shape index (κ2) is 5.16. The number of aromatic hydroxyl groups is 2. The first-order valence-corrected chi connectivity index (χ1v) is 6.50. The number of phenols is 2. The topological polar surface area (TPSA) is 69.7 Å². The second-order valence-corrected chi connectivity index (χ2v) is 5.30. The Bertz CT molecular complexity index is 422. The summed E-state index contributed by atoms with van der Waals surface area (Å²) < 4.78 is 0. The molecular formula is C14H22N2O2. The van der Waals surface area contributed by atoms with Gasteiger partial charge in [-0.3, -0.25) is 4.90 Å². The number of hydrogen-bond acceptors (Lipinski definition) is 4. The largest absolute Gasteiger partial charge is 0.508 e. The quantitative estimate of drug-likeness (QED) is 0.765. The van der Waals surface area contributed by atoms with Crippen LogP contribution in [0.3, 0.4) is 0 Å². The van der Waals surface area contributed by atoms with E-state index in [2.05, 4.69) is 18.7 Å². The molecule has 3 unspecified atom stereocenters. The van der Waals surface area contributed by atoms with E-state index in [1.165, 1.54) is 6.07 Å². The molecular weight excluding hydrogens is 228 g/mol. The first-order valence-electron chi connectivity index (χ1n) is 6.50. The van der Waals surface area contributed by atoms with Gasteiger partial charge in [-0.15, -0.1) is 0 Å². The van der Waals surface area contributed by atoms with Crippen molar-refractivity contribution < 1.29 is 10.2 Å². The van der Waals surface area contributed by atoms with Gasteiger partial charge in [0.1, 0.15) is 11.5 Å². The summed E-state index contributed by atoms with van der Waals surface area (Å²) in [5, 5.41) is 19.2. The highest BCUT2D eigenvalue weighted by atomic mass is 16.3. The number of nitrogens with zero attached hydrogens (tertiary/aromatic N) is 1. The average Bonchev–Trinajstić information content (AvgIpc) is 2.70. The molecule has 1 aliphatic heterocycles. The van der Waals surface area contributed by atoms with E-state index in [1.807, 2.05) is 0 Å². The van der Waals surface area contributed by atoms with Crippen molar-refractivity contribution in [3.63, 3.8) is 0 Å². The molecule has 0 spiro atoms. The lowest BCUT2D eigenvalue weighted by molar-refractivity contribution is 0.197. The van der Waals surface area contributed by atoms with Crippen LogP contribution in [0.5, 0.6) is 11.5 Å². The van der Waals surface area contributed by atoms with Crippen molar-refractivity contribution in [3.8, 4) is 11.5 Å². The maximum atomic E-state index is 9.92. The minimum Gasteiger partial charge on any atom is -0.508 e. The molecule has 2 rings (SSSR count). The molecule has 0 amide bonds. The molecule has 4 N–H and O–H groups in total. The van der Waals surface area contributed by atoms with Gasteiger partial charge in [0, 0.05) is 30.3 Å². The summed E-state index contributed by atoms with van der Waals surface area (Å²) in [4.78, 5) is 2.36. The van der Waals surface area contributed by atoms with Gasteiger partial charge in [-0.1, -0.05) is 6.07 Å². The molecule has 1 heterocycles. The lowest BCUT2D eigenvalue weighted by atomic mass is 10.0. The highest BCUT2D eigenvalue weighted by Gasteiger charge is 2.32. The van der Waals surface area contributed by atoms with Gasteiger partial charge in [0.2, 0.25) is 0 Å². The number of likely N-dealkylation sites (tertiary alicyclic amines) is 1. The van der Waals surface area contributed by atoms with E-state index in [0.29, 0.717) is 12.0 Å². The zero-order chi connectivity index (χ0) is 13.3. The Morgan fingerprint density at radius 1 is 1.44 bits per heavy atom. The fourth-order valence-electron chi connectivity index (χ4n) is 2.95.